The highest BCUT2D eigenvalue weighted by atomic mass is 32.2. The number of fused-ring (bicyclic) bond motifs is 1. The minimum Gasteiger partial charge on any atom is -0.185 e. The Bertz CT molecular complexity index is 367. The smallest absolute Gasteiger partial charge is 0.117 e. The lowest BCUT2D eigenvalue weighted by Crippen LogP contribution is -1.66. The second-order valence-electron chi connectivity index (χ2n) is 2.19. The van der Waals surface area contributed by atoms with E-state index < -0.39 is 0 Å². The fourth-order valence-electron chi connectivity index (χ4n) is 1.01. The zero-order chi connectivity index (χ0) is 7.68. The maximum absolute atomic E-state index is 4.32. The average molecular weight is 181 g/mol. The monoisotopic (exact) mass is 181 g/mol. The zero-order valence-electron chi connectivity index (χ0n) is 6.07. The lowest BCUT2D eigenvalue weighted by atomic mass is 10.3. The summed E-state index contributed by atoms with van der Waals surface area (Å²) >= 11 is 3.27. The molecule has 0 atom stereocenters. The molecule has 0 bridgehead atoms. The molecular weight excluding hydrogens is 174 g/mol. The van der Waals surface area contributed by atoms with Gasteiger partial charge in [-0.05, 0) is 23.9 Å². The third kappa shape index (κ3) is 1.14. The first-order valence-electron chi connectivity index (χ1n) is 3.30. The first-order valence-corrected chi connectivity index (χ1v) is 5.30. The van der Waals surface area contributed by atoms with Crippen LogP contribution in [-0.2, 0) is 0 Å². The number of hydrogen-bond acceptors (Lipinski definition) is 3. The summed E-state index contributed by atoms with van der Waals surface area (Å²) in [6.07, 6.45) is 2.06. The molecule has 0 saturated heterocycles. The quantitative estimate of drug-likeness (QED) is 0.627. The Morgan fingerprint density at radius 3 is 3.00 bits per heavy atom. The van der Waals surface area contributed by atoms with Crippen LogP contribution >= 0.6 is 23.3 Å². The number of benzene rings is 1. The molecular formula is C8H7NS2. The highest BCUT2D eigenvalue weighted by Crippen LogP contribution is 2.27. The van der Waals surface area contributed by atoms with Gasteiger partial charge in [0.25, 0.3) is 0 Å². The van der Waals surface area contributed by atoms with Crippen LogP contribution < -0.4 is 0 Å². The van der Waals surface area contributed by atoms with Gasteiger partial charge in [-0.2, -0.15) is 4.37 Å². The Labute approximate surface area is 73.6 Å². The molecule has 1 aromatic heterocycles. The van der Waals surface area contributed by atoms with Crippen molar-refractivity contribution in [2.45, 2.75) is 5.03 Å². The van der Waals surface area contributed by atoms with Crippen molar-refractivity contribution in [2.24, 2.45) is 0 Å². The number of thioether (sulfide) groups is 1. The standard InChI is InChI=1S/C8H7NS2/c1-10-8-6-4-2-3-5-7(6)11-9-8/h2-5H,1H3. The Morgan fingerprint density at radius 2 is 2.18 bits per heavy atom. The molecule has 3 heteroatoms. The number of nitrogens with zero attached hydrogens (tertiary/aromatic N) is 1. The van der Waals surface area contributed by atoms with Crippen molar-refractivity contribution < 1.29 is 0 Å². The van der Waals surface area contributed by atoms with Crippen LogP contribution in [0.5, 0.6) is 0 Å². The van der Waals surface area contributed by atoms with E-state index in [-0.39, 0.29) is 0 Å². The van der Waals surface area contributed by atoms with E-state index in [1.54, 1.807) is 23.3 Å². The van der Waals surface area contributed by atoms with Gasteiger partial charge in [0, 0.05) is 5.39 Å². The van der Waals surface area contributed by atoms with Crippen LogP contribution in [0.15, 0.2) is 29.3 Å². The van der Waals surface area contributed by atoms with E-state index in [0.717, 1.165) is 5.03 Å². The Balaban J connectivity index is 2.76. The maximum atomic E-state index is 4.32. The topological polar surface area (TPSA) is 12.9 Å². The van der Waals surface area contributed by atoms with Gasteiger partial charge in [0.2, 0.25) is 0 Å². The van der Waals surface area contributed by atoms with Crippen molar-refractivity contribution in [1.29, 1.82) is 0 Å². The van der Waals surface area contributed by atoms with Crippen LogP contribution in [0.2, 0.25) is 0 Å². The molecule has 2 rings (SSSR count). The van der Waals surface area contributed by atoms with Crippen LogP contribution in [0.25, 0.3) is 10.1 Å². The lowest BCUT2D eigenvalue weighted by molar-refractivity contribution is 1.33. The van der Waals surface area contributed by atoms with Gasteiger partial charge in [0.05, 0.1) is 4.70 Å². The van der Waals surface area contributed by atoms with Gasteiger partial charge in [0.1, 0.15) is 5.03 Å². The van der Waals surface area contributed by atoms with Crippen molar-refractivity contribution in [3.05, 3.63) is 24.3 Å². The molecule has 0 aliphatic carbocycles. The average Bonchev–Trinajstić information content (AvgIpc) is 2.47. The molecule has 0 spiro atoms. The van der Waals surface area contributed by atoms with E-state index in [2.05, 4.69) is 28.8 Å². The summed E-state index contributed by atoms with van der Waals surface area (Å²) in [5, 5.41) is 2.43. The largest absolute Gasteiger partial charge is 0.185 e. The third-order valence-corrected chi connectivity index (χ3v) is 3.18. The van der Waals surface area contributed by atoms with Crippen LogP contribution in [0, 0.1) is 0 Å². The van der Waals surface area contributed by atoms with E-state index in [0.29, 0.717) is 0 Å². The molecule has 1 nitrogen and oxygen atoms in total. The number of hydrogen-bond donors (Lipinski definition) is 0. The Kier molecular flexibility index (Phi) is 1.84. The van der Waals surface area contributed by atoms with Gasteiger partial charge in [-0.3, -0.25) is 0 Å². The lowest BCUT2D eigenvalue weighted by Gasteiger charge is -1.88. The Morgan fingerprint density at radius 1 is 1.36 bits per heavy atom. The second-order valence-corrected chi connectivity index (χ2v) is 3.79. The molecule has 56 valence electrons. The summed E-state index contributed by atoms with van der Waals surface area (Å²) in [6.45, 7) is 0. The SMILES string of the molecule is CSc1nsc2ccccc12. The minimum absolute atomic E-state index is 1.14. The highest BCUT2D eigenvalue weighted by Gasteiger charge is 2.01. The normalized spacial score (nSPS) is 10.6. The van der Waals surface area contributed by atoms with Gasteiger partial charge in [-0.15, -0.1) is 11.8 Å². The van der Waals surface area contributed by atoms with Crippen LogP contribution in [0.3, 0.4) is 0 Å². The highest BCUT2D eigenvalue weighted by molar-refractivity contribution is 7.98. The van der Waals surface area contributed by atoms with Crippen molar-refractivity contribution >= 4 is 33.4 Å². The fourth-order valence-corrected chi connectivity index (χ4v) is 2.56. The van der Waals surface area contributed by atoms with E-state index in [4.69, 9.17) is 0 Å². The van der Waals surface area contributed by atoms with Gasteiger partial charge in [0.15, 0.2) is 0 Å². The third-order valence-electron chi connectivity index (χ3n) is 1.54. The molecule has 0 N–H and O–H groups in total. The van der Waals surface area contributed by atoms with Crippen molar-refractivity contribution in [3.63, 3.8) is 0 Å². The molecule has 1 heterocycles. The summed E-state index contributed by atoms with van der Waals surface area (Å²) in [5.41, 5.74) is 0. The molecule has 2 aromatic rings. The molecule has 1 aromatic carbocycles. The summed E-state index contributed by atoms with van der Waals surface area (Å²) in [7, 11) is 0. The predicted molar refractivity (Wildman–Crippen MR) is 51.4 cm³/mol. The van der Waals surface area contributed by atoms with Gasteiger partial charge >= 0.3 is 0 Å². The summed E-state index contributed by atoms with van der Waals surface area (Å²) in [5.74, 6) is 0. The maximum Gasteiger partial charge on any atom is 0.117 e. The second kappa shape index (κ2) is 2.83. The van der Waals surface area contributed by atoms with Crippen LogP contribution in [0.1, 0.15) is 0 Å². The van der Waals surface area contributed by atoms with E-state index in [1.165, 1.54) is 10.1 Å². The molecule has 0 fully saturated rings. The zero-order valence-corrected chi connectivity index (χ0v) is 7.71. The van der Waals surface area contributed by atoms with Crippen molar-refractivity contribution in [3.8, 4) is 0 Å². The molecule has 11 heavy (non-hydrogen) atoms. The molecule has 0 amide bonds. The Hall–Kier alpha value is -0.540. The summed E-state index contributed by atoms with van der Waals surface area (Å²) < 4.78 is 5.59. The van der Waals surface area contributed by atoms with Gasteiger partial charge in [-0.25, -0.2) is 0 Å². The van der Waals surface area contributed by atoms with E-state index in [9.17, 15) is 0 Å². The van der Waals surface area contributed by atoms with Gasteiger partial charge in [-0.1, -0.05) is 18.2 Å². The number of rotatable bonds is 1. The van der Waals surface area contributed by atoms with E-state index in [1.807, 2.05) is 6.07 Å². The first-order chi connectivity index (χ1) is 5.42. The predicted octanol–water partition coefficient (Wildman–Crippen LogP) is 3.02. The van der Waals surface area contributed by atoms with Crippen LogP contribution in [-0.4, -0.2) is 10.6 Å². The molecule has 0 aliphatic heterocycles. The first kappa shape index (κ1) is 7.13. The van der Waals surface area contributed by atoms with Crippen LogP contribution in [0.4, 0.5) is 0 Å². The summed E-state index contributed by atoms with van der Waals surface area (Å²) in [6, 6.07) is 8.32. The molecule has 0 saturated carbocycles. The summed E-state index contributed by atoms with van der Waals surface area (Å²) in [4.78, 5) is 0. The van der Waals surface area contributed by atoms with E-state index >= 15 is 0 Å². The fraction of sp³-hybridized carbons (Fsp3) is 0.125. The molecule has 0 radical (unpaired) electrons. The molecule has 0 unspecified atom stereocenters. The minimum atomic E-state index is 1.14. The number of aromatic nitrogens is 1. The van der Waals surface area contributed by atoms with Crippen molar-refractivity contribution in [2.75, 3.05) is 6.26 Å². The van der Waals surface area contributed by atoms with Gasteiger partial charge < -0.3 is 0 Å². The molecule has 0 aliphatic rings. The van der Waals surface area contributed by atoms with Crippen molar-refractivity contribution in [1.82, 2.24) is 4.37 Å².